The summed E-state index contributed by atoms with van der Waals surface area (Å²) in [4.78, 5) is 12.2. The minimum absolute atomic E-state index is 0.328. The van der Waals surface area contributed by atoms with E-state index in [4.69, 9.17) is 23.7 Å². The van der Waals surface area contributed by atoms with Gasteiger partial charge in [0.1, 0.15) is 24.4 Å². The second-order valence-electron chi connectivity index (χ2n) is 6.86. The summed E-state index contributed by atoms with van der Waals surface area (Å²) >= 11 is 0. The highest BCUT2D eigenvalue weighted by Crippen LogP contribution is 2.40. The fourth-order valence-corrected chi connectivity index (χ4v) is 3.64. The van der Waals surface area contributed by atoms with Crippen LogP contribution in [0.15, 0.2) is 24.5 Å². The van der Waals surface area contributed by atoms with E-state index in [9.17, 15) is 25.2 Å². The summed E-state index contributed by atoms with van der Waals surface area (Å²) in [6.07, 6.45) is -5.60. The summed E-state index contributed by atoms with van der Waals surface area (Å²) in [6.45, 7) is 5.38. The van der Waals surface area contributed by atoms with Gasteiger partial charge in [-0.2, -0.15) is 0 Å². The Labute approximate surface area is 161 Å². The average molecular weight is 402 g/mol. The summed E-state index contributed by atoms with van der Waals surface area (Å²) in [5.41, 5.74) is 0.328. The highest BCUT2D eigenvalue weighted by Gasteiger charge is 2.49. The van der Waals surface area contributed by atoms with Crippen LogP contribution in [0.5, 0.6) is 0 Å². The fraction of sp³-hybridized carbons (Fsp3) is 0.722. The van der Waals surface area contributed by atoms with E-state index < -0.39 is 61.8 Å². The minimum atomic E-state index is -1.57. The molecule has 9 atom stereocenters. The number of fused-ring (bicyclic) bond motifs is 1. The van der Waals surface area contributed by atoms with Gasteiger partial charge in [0.15, 0.2) is 6.29 Å². The molecule has 28 heavy (non-hydrogen) atoms. The Bertz CT molecular complexity index is 605. The van der Waals surface area contributed by atoms with Crippen LogP contribution in [0.25, 0.3) is 0 Å². The summed E-state index contributed by atoms with van der Waals surface area (Å²) in [5.74, 6) is -1.39. The molecule has 158 valence electrons. The van der Waals surface area contributed by atoms with E-state index in [1.165, 1.54) is 6.26 Å². The van der Waals surface area contributed by atoms with Gasteiger partial charge in [-0.05, 0) is 6.92 Å². The van der Waals surface area contributed by atoms with Gasteiger partial charge in [-0.1, -0.05) is 6.08 Å². The van der Waals surface area contributed by atoms with Crippen molar-refractivity contribution in [3.63, 3.8) is 0 Å². The molecule has 0 aromatic heterocycles. The molecule has 3 aliphatic heterocycles. The molecule has 0 aromatic carbocycles. The lowest BCUT2D eigenvalue weighted by atomic mass is 9.80. The van der Waals surface area contributed by atoms with Crippen molar-refractivity contribution < 1.29 is 48.9 Å². The first-order valence-electron chi connectivity index (χ1n) is 9.17. The number of ether oxygens (including phenoxy) is 5. The monoisotopic (exact) mass is 402 g/mol. The van der Waals surface area contributed by atoms with Gasteiger partial charge in [0, 0.05) is 24.9 Å². The van der Waals surface area contributed by atoms with E-state index in [-0.39, 0.29) is 5.92 Å². The Kier molecular flexibility index (Phi) is 6.71. The van der Waals surface area contributed by atoms with Gasteiger partial charge < -0.3 is 44.1 Å². The normalized spacial score (nSPS) is 43.4. The lowest BCUT2D eigenvalue weighted by molar-refractivity contribution is -0.340. The number of aliphatic hydroxyl groups is 4. The maximum absolute atomic E-state index is 12.2. The van der Waals surface area contributed by atoms with E-state index in [0.717, 1.165) is 0 Å². The summed E-state index contributed by atoms with van der Waals surface area (Å²) in [6, 6.07) is 0. The molecule has 0 aliphatic carbocycles. The first-order chi connectivity index (χ1) is 13.4. The van der Waals surface area contributed by atoms with Gasteiger partial charge in [-0.3, -0.25) is 0 Å². The Morgan fingerprint density at radius 1 is 1.25 bits per heavy atom. The molecule has 0 amide bonds. The van der Waals surface area contributed by atoms with E-state index in [0.29, 0.717) is 18.6 Å². The molecule has 1 unspecified atom stereocenters. The Balaban J connectivity index is 1.76. The number of cyclic esters (lactones) is 1. The Morgan fingerprint density at radius 3 is 2.64 bits per heavy atom. The van der Waals surface area contributed by atoms with Crippen LogP contribution in [0, 0.1) is 11.8 Å². The van der Waals surface area contributed by atoms with Crippen molar-refractivity contribution in [2.45, 2.75) is 56.6 Å². The molecule has 0 spiro atoms. The predicted octanol–water partition coefficient (Wildman–Crippen LogP) is -1.23. The molecule has 2 saturated heterocycles. The molecule has 4 N–H and O–H groups in total. The van der Waals surface area contributed by atoms with Crippen molar-refractivity contribution in [1.82, 2.24) is 0 Å². The zero-order valence-electron chi connectivity index (χ0n) is 15.4. The maximum atomic E-state index is 12.2. The summed E-state index contributed by atoms with van der Waals surface area (Å²) < 4.78 is 27.2. The molecule has 0 radical (unpaired) electrons. The van der Waals surface area contributed by atoms with Crippen molar-refractivity contribution in [1.29, 1.82) is 0 Å². The SMILES string of the molecule is C=C[C@H]1[C@H](O[C@@H]2O[C@H](CO)[C@@H](O)[C@H](O)[C@H]2O)OC=C2C(=O)OC(OCC)C[C@H]21. The van der Waals surface area contributed by atoms with Crippen molar-refractivity contribution in [3.8, 4) is 0 Å². The number of hydrogen-bond donors (Lipinski definition) is 4. The third-order valence-corrected chi connectivity index (χ3v) is 5.17. The number of rotatable bonds is 6. The third kappa shape index (κ3) is 3.94. The van der Waals surface area contributed by atoms with Crippen LogP contribution >= 0.6 is 0 Å². The summed E-state index contributed by atoms with van der Waals surface area (Å²) in [5, 5.41) is 39.2. The van der Waals surface area contributed by atoms with Crippen molar-refractivity contribution in [2.24, 2.45) is 11.8 Å². The van der Waals surface area contributed by atoms with Crippen LogP contribution in [-0.2, 0) is 28.5 Å². The molecular weight excluding hydrogens is 376 g/mol. The van der Waals surface area contributed by atoms with E-state index in [2.05, 4.69) is 6.58 Å². The highest BCUT2D eigenvalue weighted by molar-refractivity contribution is 5.89. The largest absolute Gasteiger partial charge is 0.471 e. The zero-order valence-corrected chi connectivity index (χ0v) is 15.4. The first-order valence-corrected chi connectivity index (χ1v) is 9.17. The molecule has 3 rings (SSSR count). The lowest BCUT2D eigenvalue weighted by Crippen LogP contribution is -2.60. The highest BCUT2D eigenvalue weighted by atomic mass is 16.8. The molecule has 2 fully saturated rings. The second kappa shape index (κ2) is 8.87. The Morgan fingerprint density at radius 2 is 2.00 bits per heavy atom. The van der Waals surface area contributed by atoms with Crippen LogP contribution in [0.1, 0.15) is 13.3 Å². The van der Waals surface area contributed by atoms with Gasteiger partial charge >= 0.3 is 5.97 Å². The number of aliphatic hydroxyl groups excluding tert-OH is 4. The molecule has 10 nitrogen and oxygen atoms in total. The van der Waals surface area contributed by atoms with Gasteiger partial charge in [0.25, 0.3) is 0 Å². The molecule has 0 bridgehead atoms. The van der Waals surface area contributed by atoms with Crippen LogP contribution in [0.2, 0.25) is 0 Å². The van der Waals surface area contributed by atoms with Crippen molar-refractivity contribution in [3.05, 3.63) is 24.5 Å². The number of esters is 1. The number of carbonyl (C=O) groups excluding carboxylic acids is 1. The number of carbonyl (C=O) groups is 1. The fourth-order valence-electron chi connectivity index (χ4n) is 3.64. The van der Waals surface area contributed by atoms with Gasteiger partial charge in [0.05, 0.1) is 18.4 Å². The van der Waals surface area contributed by atoms with Gasteiger partial charge in [0.2, 0.25) is 12.6 Å². The molecule has 0 aromatic rings. The van der Waals surface area contributed by atoms with E-state index in [1.807, 2.05) is 0 Å². The van der Waals surface area contributed by atoms with Crippen LogP contribution < -0.4 is 0 Å². The van der Waals surface area contributed by atoms with Gasteiger partial charge in [-0.25, -0.2) is 4.79 Å². The van der Waals surface area contributed by atoms with Crippen LogP contribution in [-0.4, -0.2) is 82.9 Å². The molecule has 3 heterocycles. The molecule has 10 heteroatoms. The average Bonchev–Trinajstić information content (AvgIpc) is 2.68. The third-order valence-electron chi connectivity index (χ3n) is 5.17. The molecule has 0 saturated carbocycles. The van der Waals surface area contributed by atoms with Crippen LogP contribution in [0.4, 0.5) is 0 Å². The lowest BCUT2D eigenvalue weighted by Gasteiger charge is -2.44. The smallest absolute Gasteiger partial charge is 0.339 e. The van der Waals surface area contributed by atoms with Crippen molar-refractivity contribution >= 4 is 5.97 Å². The van der Waals surface area contributed by atoms with E-state index in [1.54, 1.807) is 13.0 Å². The topological polar surface area (TPSA) is 144 Å². The molecule has 3 aliphatic rings. The minimum Gasteiger partial charge on any atom is -0.471 e. The van der Waals surface area contributed by atoms with Crippen molar-refractivity contribution in [2.75, 3.05) is 13.2 Å². The second-order valence-corrected chi connectivity index (χ2v) is 6.86. The Hall–Kier alpha value is -1.53. The van der Waals surface area contributed by atoms with E-state index >= 15 is 0 Å². The standard InChI is InChI=1S/C18H26O10/c1-3-8-9-5-12(24-4-2)27-16(23)10(9)7-25-17(8)28-18-15(22)14(21)13(20)11(6-19)26-18/h3,7-9,11-15,17-22H,1,4-6H2,2H3/t8-,9+,11-,12?,13-,14+,15-,17+,18+/m1/s1. The molecular formula is C18H26O10. The predicted molar refractivity (Wildman–Crippen MR) is 91.1 cm³/mol. The maximum Gasteiger partial charge on any atom is 0.339 e. The van der Waals surface area contributed by atoms with Crippen LogP contribution in [0.3, 0.4) is 0 Å². The quantitative estimate of drug-likeness (QED) is 0.315. The first kappa shape index (κ1) is 21.2. The zero-order chi connectivity index (χ0) is 20.4. The number of hydrogen-bond acceptors (Lipinski definition) is 10. The summed E-state index contributed by atoms with van der Waals surface area (Å²) in [7, 11) is 0. The van der Waals surface area contributed by atoms with Gasteiger partial charge in [-0.15, -0.1) is 6.58 Å².